The van der Waals surface area contributed by atoms with Crippen molar-refractivity contribution in [3.63, 3.8) is 0 Å². The number of nitrogens with zero attached hydrogens (tertiary/aromatic N) is 2. The molecule has 3 rings (SSSR count). The van der Waals surface area contributed by atoms with Crippen molar-refractivity contribution < 1.29 is 5.11 Å². The summed E-state index contributed by atoms with van der Waals surface area (Å²) in [6, 6.07) is 8.43. The molecule has 0 saturated carbocycles. The van der Waals surface area contributed by atoms with Crippen molar-refractivity contribution >= 4 is 0 Å². The van der Waals surface area contributed by atoms with E-state index in [9.17, 15) is 5.11 Å². The van der Waals surface area contributed by atoms with Crippen molar-refractivity contribution in [2.75, 3.05) is 6.54 Å². The summed E-state index contributed by atoms with van der Waals surface area (Å²) in [5.41, 5.74) is 2.75. The number of fused-ring (bicyclic) bond motifs is 1. The number of aromatic nitrogens is 2. The highest BCUT2D eigenvalue weighted by molar-refractivity contribution is 5.35. The highest BCUT2D eigenvalue weighted by atomic mass is 16.3. The first-order chi connectivity index (χ1) is 10.1. The molecule has 0 amide bonds. The van der Waals surface area contributed by atoms with Crippen LogP contribution in [0.4, 0.5) is 0 Å². The van der Waals surface area contributed by atoms with E-state index in [-0.39, 0.29) is 6.04 Å². The molecule has 2 unspecified atom stereocenters. The molecule has 0 spiro atoms. The van der Waals surface area contributed by atoms with Crippen LogP contribution in [-0.2, 0) is 19.1 Å². The molecule has 2 atom stereocenters. The van der Waals surface area contributed by atoms with Gasteiger partial charge in [0.25, 0.3) is 0 Å². The quantitative estimate of drug-likeness (QED) is 0.906. The summed E-state index contributed by atoms with van der Waals surface area (Å²) in [5, 5.41) is 18.7. The van der Waals surface area contributed by atoms with Crippen molar-refractivity contribution in [1.29, 1.82) is 0 Å². The van der Waals surface area contributed by atoms with Crippen LogP contribution >= 0.6 is 0 Å². The predicted octanol–water partition coefficient (Wildman–Crippen LogP) is 2.29. The summed E-state index contributed by atoms with van der Waals surface area (Å²) in [4.78, 5) is 0. The molecule has 0 saturated heterocycles. The third-order valence-corrected chi connectivity index (χ3v) is 4.48. The first-order valence-corrected chi connectivity index (χ1v) is 7.61. The van der Waals surface area contributed by atoms with Crippen molar-refractivity contribution in [1.82, 2.24) is 15.1 Å². The fourth-order valence-corrected chi connectivity index (χ4v) is 3.19. The molecule has 2 aromatic rings. The van der Waals surface area contributed by atoms with Crippen LogP contribution < -0.4 is 5.32 Å². The van der Waals surface area contributed by atoms with Crippen LogP contribution in [0.1, 0.15) is 42.5 Å². The van der Waals surface area contributed by atoms with Gasteiger partial charge in [0.15, 0.2) is 0 Å². The van der Waals surface area contributed by atoms with E-state index in [1.165, 1.54) is 5.56 Å². The Morgan fingerprint density at radius 2 is 2.24 bits per heavy atom. The van der Waals surface area contributed by atoms with Gasteiger partial charge in [0.2, 0.25) is 0 Å². The second kappa shape index (κ2) is 5.62. The van der Waals surface area contributed by atoms with E-state index in [4.69, 9.17) is 0 Å². The van der Waals surface area contributed by atoms with Gasteiger partial charge in [-0.05, 0) is 37.3 Å². The lowest BCUT2D eigenvalue weighted by molar-refractivity contribution is 0.0170. The maximum absolute atomic E-state index is 11.0. The highest BCUT2D eigenvalue weighted by Gasteiger charge is 2.34. The van der Waals surface area contributed by atoms with Crippen molar-refractivity contribution in [3.05, 3.63) is 53.3 Å². The molecular weight excluding hydrogens is 262 g/mol. The molecule has 4 heteroatoms. The van der Waals surface area contributed by atoms with E-state index in [0.29, 0.717) is 6.54 Å². The summed E-state index contributed by atoms with van der Waals surface area (Å²) in [7, 11) is 1.92. The number of aliphatic hydroxyl groups is 1. The van der Waals surface area contributed by atoms with Crippen LogP contribution in [-0.4, -0.2) is 21.4 Å². The standard InChI is InChI=1S/C17H23N3O/c1-13(15-10-19-20(2)11-15)18-12-17(21)9-5-7-14-6-3-4-8-16(14)17/h3-4,6,8,10-11,13,18,21H,5,7,9,12H2,1-2H3. The molecule has 1 aromatic carbocycles. The second-order valence-corrected chi connectivity index (χ2v) is 6.09. The fraction of sp³-hybridized carbons (Fsp3) is 0.471. The topological polar surface area (TPSA) is 50.1 Å². The van der Waals surface area contributed by atoms with Gasteiger partial charge in [-0.2, -0.15) is 5.10 Å². The zero-order chi connectivity index (χ0) is 14.9. The Hall–Kier alpha value is -1.65. The number of aryl methyl sites for hydroxylation is 2. The van der Waals surface area contributed by atoms with E-state index >= 15 is 0 Å². The van der Waals surface area contributed by atoms with Crippen LogP contribution in [0.2, 0.25) is 0 Å². The first kappa shape index (κ1) is 14.3. The van der Waals surface area contributed by atoms with Crippen LogP contribution in [0, 0.1) is 0 Å². The van der Waals surface area contributed by atoms with E-state index < -0.39 is 5.60 Å². The normalized spacial score (nSPS) is 22.8. The number of benzene rings is 1. The Balaban J connectivity index is 1.73. The smallest absolute Gasteiger partial charge is 0.102 e. The molecule has 21 heavy (non-hydrogen) atoms. The molecule has 0 radical (unpaired) electrons. The lowest BCUT2D eigenvalue weighted by atomic mass is 9.79. The minimum Gasteiger partial charge on any atom is -0.384 e. The largest absolute Gasteiger partial charge is 0.384 e. The third-order valence-electron chi connectivity index (χ3n) is 4.48. The van der Waals surface area contributed by atoms with E-state index in [1.807, 2.05) is 25.5 Å². The molecular formula is C17H23N3O. The highest BCUT2D eigenvalue weighted by Crippen LogP contribution is 2.35. The Kier molecular flexibility index (Phi) is 3.83. The Morgan fingerprint density at radius 3 is 3.00 bits per heavy atom. The number of hydrogen-bond acceptors (Lipinski definition) is 3. The molecule has 112 valence electrons. The maximum Gasteiger partial charge on any atom is 0.102 e. The summed E-state index contributed by atoms with van der Waals surface area (Å²) >= 11 is 0. The van der Waals surface area contributed by atoms with Gasteiger partial charge in [0.05, 0.1) is 6.20 Å². The summed E-state index contributed by atoms with van der Waals surface area (Å²) in [6.45, 7) is 2.68. The first-order valence-electron chi connectivity index (χ1n) is 7.61. The number of hydrogen-bond donors (Lipinski definition) is 2. The molecule has 0 aliphatic heterocycles. The second-order valence-electron chi connectivity index (χ2n) is 6.09. The predicted molar refractivity (Wildman–Crippen MR) is 82.9 cm³/mol. The van der Waals surface area contributed by atoms with Gasteiger partial charge >= 0.3 is 0 Å². The van der Waals surface area contributed by atoms with Crippen molar-refractivity contribution in [3.8, 4) is 0 Å². The average Bonchev–Trinajstić information content (AvgIpc) is 2.92. The number of rotatable bonds is 4. The lowest BCUT2D eigenvalue weighted by Gasteiger charge is -2.35. The Labute approximate surface area is 125 Å². The molecule has 0 fully saturated rings. The van der Waals surface area contributed by atoms with Gasteiger partial charge in [-0.25, -0.2) is 0 Å². The molecule has 4 nitrogen and oxygen atoms in total. The number of nitrogens with one attached hydrogen (secondary N) is 1. The zero-order valence-corrected chi connectivity index (χ0v) is 12.7. The fourth-order valence-electron chi connectivity index (χ4n) is 3.19. The van der Waals surface area contributed by atoms with Crippen molar-refractivity contribution in [2.24, 2.45) is 7.05 Å². The van der Waals surface area contributed by atoms with E-state index in [1.54, 1.807) is 4.68 Å². The molecule has 0 bridgehead atoms. The average molecular weight is 285 g/mol. The lowest BCUT2D eigenvalue weighted by Crippen LogP contribution is -2.41. The van der Waals surface area contributed by atoms with Crippen LogP contribution in [0.3, 0.4) is 0 Å². The van der Waals surface area contributed by atoms with Gasteiger partial charge in [-0.1, -0.05) is 24.3 Å². The van der Waals surface area contributed by atoms with Gasteiger partial charge in [0, 0.05) is 31.4 Å². The minimum atomic E-state index is -0.759. The summed E-state index contributed by atoms with van der Waals surface area (Å²) in [5.74, 6) is 0. The molecule has 1 aromatic heterocycles. The third kappa shape index (κ3) is 2.87. The van der Waals surface area contributed by atoms with Gasteiger partial charge in [-0.15, -0.1) is 0 Å². The van der Waals surface area contributed by atoms with Gasteiger partial charge < -0.3 is 10.4 Å². The van der Waals surface area contributed by atoms with Gasteiger partial charge in [-0.3, -0.25) is 4.68 Å². The Morgan fingerprint density at radius 1 is 1.43 bits per heavy atom. The summed E-state index contributed by atoms with van der Waals surface area (Å²) in [6.07, 6.45) is 6.80. The van der Waals surface area contributed by atoms with Crippen molar-refractivity contribution in [2.45, 2.75) is 37.8 Å². The Bertz CT molecular complexity index is 622. The SMILES string of the molecule is CC(NCC1(O)CCCc2ccccc21)c1cnn(C)c1. The van der Waals surface area contributed by atoms with Crippen LogP contribution in [0.15, 0.2) is 36.7 Å². The summed E-state index contributed by atoms with van der Waals surface area (Å²) < 4.78 is 1.80. The molecule has 1 aliphatic carbocycles. The minimum absolute atomic E-state index is 0.178. The van der Waals surface area contributed by atoms with E-state index in [2.05, 4.69) is 35.5 Å². The van der Waals surface area contributed by atoms with E-state index in [0.717, 1.165) is 30.4 Å². The van der Waals surface area contributed by atoms with Crippen LogP contribution in [0.25, 0.3) is 0 Å². The molecule has 2 N–H and O–H groups in total. The van der Waals surface area contributed by atoms with Crippen LogP contribution in [0.5, 0.6) is 0 Å². The monoisotopic (exact) mass is 285 g/mol. The maximum atomic E-state index is 11.0. The zero-order valence-electron chi connectivity index (χ0n) is 12.7. The molecule has 1 heterocycles. The molecule has 1 aliphatic rings. The van der Waals surface area contributed by atoms with Gasteiger partial charge in [0.1, 0.15) is 5.60 Å².